The summed E-state index contributed by atoms with van der Waals surface area (Å²) in [5, 5.41) is 3.51. The molecule has 11 nitrogen and oxygen atoms in total. The summed E-state index contributed by atoms with van der Waals surface area (Å²) in [6.07, 6.45) is 0.528. The number of pyridine rings is 1. The van der Waals surface area contributed by atoms with Gasteiger partial charge in [0.15, 0.2) is 11.6 Å². The molecule has 5 aromatic rings. The molecule has 2 atom stereocenters. The van der Waals surface area contributed by atoms with E-state index in [0.29, 0.717) is 48.4 Å². The van der Waals surface area contributed by atoms with E-state index in [4.69, 9.17) is 31.5 Å². The number of methoxy groups -OCH3 is 1. The molecule has 0 spiro atoms. The van der Waals surface area contributed by atoms with E-state index >= 15 is 4.39 Å². The molecule has 41 heavy (non-hydrogen) atoms. The Bertz CT molecular complexity index is 1780. The molecule has 0 aliphatic heterocycles. The normalized spacial score (nSPS) is 12.6. The molecule has 0 fully saturated rings. The van der Waals surface area contributed by atoms with E-state index in [2.05, 4.69) is 25.3 Å². The van der Waals surface area contributed by atoms with Crippen molar-refractivity contribution >= 4 is 61.9 Å². The van der Waals surface area contributed by atoms with Crippen molar-refractivity contribution in [1.82, 2.24) is 19.9 Å². The molecule has 0 saturated carbocycles. The smallest absolute Gasteiger partial charge is 0.412 e. The molecule has 0 radical (unpaired) electrons. The van der Waals surface area contributed by atoms with Crippen molar-refractivity contribution in [3.63, 3.8) is 0 Å². The van der Waals surface area contributed by atoms with Crippen LogP contribution in [0.15, 0.2) is 48.8 Å². The summed E-state index contributed by atoms with van der Waals surface area (Å²) in [4.78, 5) is 40.7. The van der Waals surface area contributed by atoms with Crippen molar-refractivity contribution in [3.8, 4) is 22.2 Å². The number of benzene rings is 2. The Morgan fingerprint density at radius 1 is 1.05 bits per heavy atom. The summed E-state index contributed by atoms with van der Waals surface area (Å²) in [6.45, 7) is 3.26. The average Bonchev–Trinajstić information content (AvgIpc) is 3.34. The van der Waals surface area contributed by atoms with Gasteiger partial charge in [0, 0.05) is 22.7 Å². The van der Waals surface area contributed by atoms with Gasteiger partial charge in [-0.2, -0.15) is 0 Å². The molecule has 0 aliphatic carbocycles. The largest absolute Gasteiger partial charge is 0.484 e. The van der Waals surface area contributed by atoms with Gasteiger partial charge in [0.25, 0.3) is 5.91 Å². The van der Waals surface area contributed by atoms with E-state index in [1.54, 1.807) is 32.0 Å². The van der Waals surface area contributed by atoms with Gasteiger partial charge in [0.1, 0.15) is 22.9 Å². The molecule has 14 heteroatoms. The molecule has 5 rings (SSSR count). The SMILES string of the molecule is COc1cnc2c(-c3nc4cc(F)c(O[C@@H](C)[C@@H](C)OC(=O)Nc5ccc(C(N)=O)nc5)cc4s3)cc(Cl)cc2n1. The molecular weight excluding hydrogens is 575 g/mol. The standard InChI is InChI=1S/C27H22ClFN6O5S/c1-12(13(2)40-27(37)33-15-4-5-18(25(30)36)31-10-15)39-21-9-22-19(8-17(21)29)35-26(41-22)16-6-14(28)7-20-24(16)32-11-23(34-20)38-3/h4-13H,1-3H3,(H2,30,36)(H,33,37)/t12-,13+/m0/s1. The lowest BCUT2D eigenvalue weighted by Crippen LogP contribution is -2.32. The van der Waals surface area contributed by atoms with Crippen LogP contribution in [0.2, 0.25) is 5.02 Å². The van der Waals surface area contributed by atoms with Crippen LogP contribution < -0.4 is 20.5 Å². The minimum absolute atomic E-state index is 0.0252. The van der Waals surface area contributed by atoms with Crippen LogP contribution in [0.3, 0.4) is 0 Å². The van der Waals surface area contributed by atoms with Gasteiger partial charge in [-0.15, -0.1) is 11.3 Å². The van der Waals surface area contributed by atoms with Crippen LogP contribution in [0.5, 0.6) is 11.6 Å². The first-order valence-corrected chi connectivity index (χ1v) is 13.3. The van der Waals surface area contributed by atoms with E-state index in [1.807, 2.05) is 0 Å². The number of thiazole rings is 1. The number of fused-ring (bicyclic) bond motifs is 2. The summed E-state index contributed by atoms with van der Waals surface area (Å²) in [7, 11) is 1.50. The third kappa shape index (κ3) is 6.10. The fourth-order valence-corrected chi connectivity index (χ4v) is 5.00. The van der Waals surface area contributed by atoms with Gasteiger partial charge in [0.05, 0.1) is 46.4 Å². The highest BCUT2D eigenvalue weighted by Crippen LogP contribution is 2.38. The highest BCUT2D eigenvalue weighted by Gasteiger charge is 2.22. The fraction of sp³-hybridized carbons (Fsp3) is 0.185. The maximum absolute atomic E-state index is 15.0. The number of hydrogen-bond acceptors (Lipinski definition) is 10. The van der Waals surface area contributed by atoms with E-state index in [1.165, 1.54) is 49.0 Å². The van der Waals surface area contributed by atoms with Gasteiger partial charge in [-0.1, -0.05) is 11.6 Å². The number of nitrogens with zero attached hydrogens (tertiary/aromatic N) is 4. The lowest BCUT2D eigenvalue weighted by Gasteiger charge is -2.22. The van der Waals surface area contributed by atoms with Gasteiger partial charge in [0.2, 0.25) is 5.88 Å². The number of carbonyl (C=O) groups excluding carboxylic acids is 2. The van der Waals surface area contributed by atoms with E-state index in [0.717, 1.165) is 0 Å². The number of hydrogen-bond donors (Lipinski definition) is 2. The van der Waals surface area contributed by atoms with Crippen LogP contribution in [0.1, 0.15) is 24.3 Å². The maximum Gasteiger partial charge on any atom is 0.412 e. The van der Waals surface area contributed by atoms with E-state index < -0.39 is 30.0 Å². The van der Waals surface area contributed by atoms with Crippen LogP contribution in [0, 0.1) is 5.82 Å². The minimum atomic E-state index is -0.779. The molecule has 0 aliphatic rings. The van der Waals surface area contributed by atoms with Crippen molar-refractivity contribution in [2.24, 2.45) is 5.73 Å². The van der Waals surface area contributed by atoms with Crippen molar-refractivity contribution < 1.29 is 28.2 Å². The number of nitrogens with one attached hydrogen (secondary N) is 1. The van der Waals surface area contributed by atoms with Gasteiger partial charge >= 0.3 is 6.09 Å². The Balaban J connectivity index is 1.31. The van der Waals surface area contributed by atoms with E-state index in [-0.39, 0.29) is 11.4 Å². The third-order valence-electron chi connectivity index (χ3n) is 6.00. The predicted octanol–water partition coefficient (Wildman–Crippen LogP) is 5.61. The molecule has 3 N–H and O–H groups in total. The molecule has 0 bridgehead atoms. The highest BCUT2D eigenvalue weighted by molar-refractivity contribution is 7.21. The Kier molecular flexibility index (Phi) is 7.81. The van der Waals surface area contributed by atoms with Crippen molar-refractivity contribution in [2.75, 3.05) is 12.4 Å². The summed E-state index contributed by atoms with van der Waals surface area (Å²) < 4.78 is 32.0. The third-order valence-corrected chi connectivity index (χ3v) is 7.27. The van der Waals surface area contributed by atoms with E-state index in [9.17, 15) is 9.59 Å². The molecule has 3 heterocycles. The quantitative estimate of drug-likeness (QED) is 0.233. The fourth-order valence-electron chi connectivity index (χ4n) is 3.79. The number of rotatable bonds is 8. The number of anilines is 1. The summed E-state index contributed by atoms with van der Waals surface area (Å²) >= 11 is 7.64. The molecule has 2 amide bonds. The average molecular weight is 597 g/mol. The Hall–Kier alpha value is -4.62. The lowest BCUT2D eigenvalue weighted by atomic mass is 10.2. The first kappa shape index (κ1) is 27.9. The van der Waals surface area contributed by atoms with Crippen molar-refractivity contribution in [1.29, 1.82) is 0 Å². The number of carbonyl (C=O) groups is 2. The lowest BCUT2D eigenvalue weighted by molar-refractivity contribution is 0.0402. The minimum Gasteiger partial charge on any atom is -0.484 e. The number of primary amides is 1. The van der Waals surface area contributed by atoms with Crippen LogP contribution >= 0.6 is 22.9 Å². The molecular formula is C27H22ClFN6O5S. The zero-order valence-electron chi connectivity index (χ0n) is 21.8. The first-order chi connectivity index (χ1) is 19.6. The van der Waals surface area contributed by atoms with Crippen LogP contribution in [0.25, 0.3) is 31.8 Å². The Morgan fingerprint density at radius 2 is 1.85 bits per heavy atom. The number of nitrogens with two attached hydrogens (primary N) is 1. The predicted molar refractivity (Wildman–Crippen MR) is 152 cm³/mol. The second kappa shape index (κ2) is 11.5. The van der Waals surface area contributed by atoms with Gasteiger partial charge in [-0.3, -0.25) is 10.1 Å². The van der Waals surface area contributed by atoms with Crippen molar-refractivity contribution in [2.45, 2.75) is 26.1 Å². The zero-order valence-corrected chi connectivity index (χ0v) is 23.4. The highest BCUT2D eigenvalue weighted by atomic mass is 35.5. The molecule has 3 aromatic heterocycles. The zero-order chi connectivity index (χ0) is 29.3. The molecule has 0 saturated heterocycles. The summed E-state index contributed by atoms with van der Waals surface area (Å²) in [5.41, 5.74) is 7.70. The van der Waals surface area contributed by atoms with Gasteiger partial charge in [-0.25, -0.2) is 29.1 Å². The summed E-state index contributed by atoms with van der Waals surface area (Å²) in [6, 6.07) is 9.06. The number of aromatic nitrogens is 4. The maximum atomic E-state index is 15.0. The topological polar surface area (TPSA) is 151 Å². The number of halogens is 2. The van der Waals surface area contributed by atoms with Crippen LogP contribution in [-0.4, -0.2) is 51.3 Å². The number of amides is 2. The first-order valence-electron chi connectivity index (χ1n) is 12.1. The Morgan fingerprint density at radius 3 is 2.56 bits per heavy atom. The Labute approximate surface area is 241 Å². The molecule has 2 aromatic carbocycles. The van der Waals surface area contributed by atoms with Crippen LogP contribution in [-0.2, 0) is 4.74 Å². The van der Waals surface area contributed by atoms with Crippen LogP contribution in [0.4, 0.5) is 14.9 Å². The summed E-state index contributed by atoms with van der Waals surface area (Å²) in [5.74, 6) is -0.992. The molecule has 0 unspecified atom stereocenters. The van der Waals surface area contributed by atoms with Crippen molar-refractivity contribution in [3.05, 3.63) is 65.3 Å². The van der Waals surface area contributed by atoms with Gasteiger partial charge in [-0.05, 0) is 38.1 Å². The van der Waals surface area contributed by atoms with Gasteiger partial charge < -0.3 is 19.9 Å². The number of ether oxygens (including phenoxy) is 3. The monoisotopic (exact) mass is 596 g/mol. The second-order valence-corrected chi connectivity index (χ2v) is 10.3. The second-order valence-electron chi connectivity index (χ2n) is 8.86. The molecule has 210 valence electrons.